The van der Waals surface area contributed by atoms with Crippen molar-refractivity contribution in [3.05, 3.63) is 18.2 Å². The molecule has 1 aliphatic heterocycles. The van der Waals surface area contributed by atoms with Gasteiger partial charge >= 0.3 is 0 Å². The molecule has 4 N–H and O–H groups in total. The maximum Gasteiger partial charge on any atom is 0.240 e. The van der Waals surface area contributed by atoms with Crippen LogP contribution in [0.25, 0.3) is 0 Å². The van der Waals surface area contributed by atoms with Gasteiger partial charge in [-0.1, -0.05) is 0 Å². The smallest absolute Gasteiger partial charge is 0.240 e. The van der Waals surface area contributed by atoms with Crippen LogP contribution in [0.3, 0.4) is 0 Å². The second-order valence-electron chi connectivity index (χ2n) is 6.41. The highest BCUT2D eigenvalue weighted by Gasteiger charge is 2.26. The summed E-state index contributed by atoms with van der Waals surface area (Å²) in [6.45, 7) is 10.4. The van der Waals surface area contributed by atoms with Gasteiger partial charge in [-0.25, -0.2) is 13.6 Å². The lowest BCUT2D eigenvalue weighted by molar-refractivity contribution is 0.128. The number of piperazine rings is 1. The van der Waals surface area contributed by atoms with Gasteiger partial charge in [0.2, 0.25) is 10.0 Å². The van der Waals surface area contributed by atoms with Gasteiger partial charge in [0.25, 0.3) is 0 Å². The Morgan fingerprint density at radius 3 is 2.10 bits per heavy atom. The van der Waals surface area contributed by atoms with Crippen LogP contribution in [0.15, 0.2) is 23.1 Å². The molecule has 0 bridgehead atoms. The molecular formula is C14H24N4O2S. The summed E-state index contributed by atoms with van der Waals surface area (Å²) in [4.78, 5) is 4.64. The number of hydrogen-bond donors (Lipinski definition) is 2. The molecule has 1 aliphatic rings. The number of nitrogen functional groups attached to an aromatic ring is 1. The van der Waals surface area contributed by atoms with Crippen molar-refractivity contribution in [1.82, 2.24) is 4.90 Å². The van der Waals surface area contributed by atoms with Crippen molar-refractivity contribution in [3.63, 3.8) is 0 Å². The monoisotopic (exact) mass is 312 g/mol. The number of anilines is 2. The van der Waals surface area contributed by atoms with E-state index in [9.17, 15) is 8.42 Å². The zero-order chi connectivity index (χ0) is 15.8. The topological polar surface area (TPSA) is 92.7 Å². The van der Waals surface area contributed by atoms with Crippen molar-refractivity contribution in [2.45, 2.75) is 31.2 Å². The van der Waals surface area contributed by atoms with Crippen molar-refractivity contribution in [2.75, 3.05) is 36.8 Å². The van der Waals surface area contributed by atoms with Crippen molar-refractivity contribution < 1.29 is 8.42 Å². The summed E-state index contributed by atoms with van der Waals surface area (Å²) in [5, 5.41) is 5.12. The molecule has 0 spiro atoms. The van der Waals surface area contributed by atoms with Crippen LogP contribution in [0.5, 0.6) is 0 Å². The minimum absolute atomic E-state index is 0.0143. The zero-order valence-corrected chi connectivity index (χ0v) is 13.7. The van der Waals surface area contributed by atoms with Crippen LogP contribution < -0.4 is 15.8 Å². The number of primary sulfonamides is 1. The summed E-state index contributed by atoms with van der Waals surface area (Å²) in [6.07, 6.45) is 0. The molecule has 0 aromatic heterocycles. The van der Waals surface area contributed by atoms with Crippen LogP contribution in [0.1, 0.15) is 20.8 Å². The molecule has 2 rings (SSSR count). The van der Waals surface area contributed by atoms with E-state index in [-0.39, 0.29) is 16.1 Å². The van der Waals surface area contributed by atoms with E-state index in [4.69, 9.17) is 10.9 Å². The molecule has 7 heteroatoms. The molecule has 0 aliphatic carbocycles. The summed E-state index contributed by atoms with van der Waals surface area (Å²) in [5.41, 5.74) is 7.12. The molecule has 1 fully saturated rings. The average molecular weight is 312 g/mol. The second-order valence-corrected chi connectivity index (χ2v) is 7.94. The fourth-order valence-electron chi connectivity index (χ4n) is 2.63. The largest absolute Gasteiger partial charge is 0.398 e. The number of hydrogen-bond acceptors (Lipinski definition) is 5. The summed E-state index contributed by atoms with van der Waals surface area (Å²) in [5.74, 6) is 0. The molecule has 1 saturated heterocycles. The fourth-order valence-corrected chi connectivity index (χ4v) is 3.27. The molecule has 0 unspecified atom stereocenters. The van der Waals surface area contributed by atoms with E-state index in [1.807, 2.05) is 0 Å². The standard InChI is InChI=1S/C14H24N4O2S/c1-14(2,3)18-8-6-17(7-9-18)11-4-5-13(12(15)10-11)21(16,19)20/h4-5,10H,6-9,15H2,1-3H3,(H2,16,19,20). The first kappa shape index (κ1) is 16.1. The maximum absolute atomic E-state index is 11.4. The molecule has 6 nitrogen and oxygen atoms in total. The van der Waals surface area contributed by atoms with E-state index >= 15 is 0 Å². The highest BCUT2D eigenvalue weighted by atomic mass is 32.2. The Balaban J connectivity index is 2.13. The van der Waals surface area contributed by atoms with Crippen molar-refractivity contribution >= 4 is 21.4 Å². The van der Waals surface area contributed by atoms with Crippen LogP contribution in [-0.2, 0) is 10.0 Å². The van der Waals surface area contributed by atoms with Gasteiger partial charge in [-0.3, -0.25) is 4.90 Å². The molecule has 1 heterocycles. The SMILES string of the molecule is CC(C)(C)N1CCN(c2ccc(S(N)(=O)=O)c(N)c2)CC1. The first-order valence-electron chi connectivity index (χ1n) is 7.01. The van der Waals surface area contributed by atoms with E-state index in [1.165, 1.54) is 6.07 Å². The van der Waals surface area contributed by atoms with E-state index in [2.05, 4.69) is 30.6 Å². The number of sulfonamides is 1. The van der Waals surface area contributed by atoms with Gasteiger partial charge < -0.3 is 10.6 Å². The Hall–Kier alpha value is -1.31. The van der Waals surface area contributed by atoms with Gasteiger partial charge in [-0.2, -0.15) is 0 Å². The predicted molar refractivity (Wildman–Crippen MR) is 85.8 cm³/mol. The Kier molecular flexibility index (Phi) is 4.19. The van der Waals surface area contributed by atoms with Crippen LogP contribution in [0, 0.1) is 0 Å². The third-order valence-electron chi connectivity index (χ3n) is 3.89. The van der Waals surface area contributed by atoms with Gasteiger partial charge in [-0.05, 0) is 39.0 Å². The van der Waals surface area contributed by atoms with E-state index in [0.717, 1.165) is 31.9 Å². The Labute approximate surface area is 126 Å². The molecular weight excluding hydrogens is 288 g/mol. The van der Waals surface area contributed by atoms with Crippen molar-refractivity contribution in [2.24, 2.45) is 5.14 Å². The summed E-state index contributed by atoms with van der Waals surface area (Å²) in [6, 6.07) is 4.94. The number of nitrogens with zero attached hydrogens (tertiary/aromatic N) is 2. The van der Waals surface area contributed by atoms with Crippen LogP contribution in [-0.4, -0.2) is 45.0 Å². The highest BCUT2D eigenvalue weighted by molar-refractivity contribution is 7.89. The molecule has 1 aromatic carbocycles. The lowest BCUT2D eigenvalue weighted by atomic mass is 10.0. The highest BCUT2D eigenvalue weighted by Crippen LogP contribution is 2.26. The van der Waals surface area contributed by atoms with Gasteiger partial charge in [0, 0.05) is 37.4 Å². The number of benzene rings is 1. The zero-order valence-electron chi connectivity index (χ0n) is 12.8. The van der Waals surface area contributed by atoms with Gasteiger partial charge in [0.15, 0.2) is 0 Å². The summed E-state index contributed by atoms with van der Waals surface area (Å²) < 4.78 is 22.7. The van der Waals surface area contributed by atoms with E-state index in [1.54, 1.807) is 12.1 Å². The second kappa shape index (κ2) is 5.47. The predicted octanol–water partition coefficient (Wildman–Crippen LogP) is 0.837. The lowest BCUT2D eigenvalue weighted by Gasteiger charge is -2.43. The van der Waals surface area contributed by atoms with Crippen LogP contribution >= 0.6 is 0 Å². The molecule has 21 heavy (non-hydrogen) atoms. The van der Waals surface area contributed by atoms with Crippen molar-refractivity contribution in [3.8, 4) is 0 Å². The summed E-state index contributed by atoms with van der Waals surface area (Å²) in [7, 11) is -3.76. The Morgan fingerprint density at radius 2 is 1.67 bits per heavy atom. The first-order chi connectivity index (χ1) is 9.59. The normalized spacial score (nSPS) is 18.0. The van der Waals surface area contributed by atoms with Crippen LogP contribution in [0.2, 0.25) is 0 Å². The van der Waals surface area contributed by atoms with Gasteiger partial charge in [0.1, 0.15) is 4.90 Å². The Bertz CT molecular complexity index is 614. The first-order valence-corrected chi connectivity index (χ1v) is 8.56. The minimum Gasteiger partial charge on any atom is -0.398 e. The maximum atomic E-state index is 11.4. The quantitative estimate of drug-likeness (QED) is 0.789. The van der Waals surface area contributed by atoms with Crippen molar-refractivity contribution in [1.29, 1.82) is 0 Å². The average Bonchev–Trinajstić information content (AvgIpc) is 2.36. The van der Waals surface area contributed by atoms with Crippen LogP contribution in [0.4, 0.5) is 11.4 Å². The molecule has 0 amide bonds. The van der Waals surface area contributed by atoms with E-state index in [0.29, 0.717) is 0 Å². The molecule has 118 valence electrons. The number of rotatable bonds is 2. The molecule has 0 saturated carbocycles. The Morgan fingerprint density at radius 1 is 1.10 bits per heavy atom. The lowest BCUT2D eigenvalue weighted by Crippen LogP contribution is -2.53. The minimum atomic E-state index is -3.76. The van der Waals surface area contributed by atoms with Gasteiger partial charge in [-0.15, -0.1) is 0 Å². The molecule has 0 atom stereocenters. The molecule has 0 radical (unpaired) electrons. The fraction of sp³-hybridized carbons (Fsp3) is 0.571. The third kappa shape index (κ3) is 3.66. The third-order valence-corrected chi connectivity index (χ3v) is 4.88. The van der Waals surface area contributed by atoms with E-state index < -0.39 is 10.0 Å². The summed E-state index contributed by atoms with van der Waals surface area (Å²) >= 11 is 0. The molecule has 1 aromatic rings. The van der Waals surface area contributed by atoms with Gasteiger partial charge in [0.05, 0.1) is 5.69 Å². The number of nitrogens with two attached hydrogens (primary N) is 2.